The normalized spacial score (nSPS) is 13.6. The summed E-state index contributed by atoms with van der Waals surface area (Å²) in [4.78, 5) is 3.88. The highest BCUT2D eigenvalue weighted by molar-refractivity contribution is 7.09. The van der Waals surface area contributed by atoms with Gasteiger partial charge in [0.05, 0.1) is 0 Å². The van der Waals surface area contributed by atoms with E-state index in [2.05, 4.69) is 48.6 Å². The largest absolute Gasteiger partial charge is 0.319 e. The van der Waals surface area contributed by atoms with Crippen LogP contribution in [0.3, 0.4) is 0 Å². The Morgan fingerprint density at radius 3 is 2.69 bits per heavy atom. The van der Waals surface area contributed by atoms with Gasteiger partial charge in [-0.15, -0.1) is 11.3 Å². The van der Waals surface area contributed by atoms with E-state index in [1.165, 1.54) is 4.88 Å². The van der Waals surface area contributed by atoms with Gasteiger partial charge in [0.2, 0.25) is 0 Å². The van der Waals surface area contributed by atoms with Gasteiger partial charge in [-0.05, 0) is 43.9 Å². The van der Waals surface area contributed by atoms with E-state index in [-0.39, 0.29) is 0 Å². The molecule has 0 aliphatic carbocycles. The van der Waals surface area contributed by atoms with Crippen molar-refractivity contribution >= 4 is 11.3 Å². The van der Waals surface area contributed by atoms with Gasteiger partial charge in [-0.2, -0.15) is 0 Å². The Morgan fingerprint density at radius 2 is 2.19 bits per heavy atom. The Kier molecular flexibility index (Phi) is 6.03. The van der Waals surface area contributed by atoms with Crippen molar-refractivity contribution in [3.63, 3.8) is 0 Å². The van der Waals surface area contributed by atoms with E-state index in [1.807, 2.05) is 18.4 Å². The zero-order valence-corrected chi connectivity index (χ0v) is 11.7. The summed E-state index contributed by atoms with van der Waals surface area (Å²) in [5.41, 5.74) is 0. The van der Waals surface area contributed by atoms with Crippen molar-refractivity contribution < 1.29 is 0 Å². The van der Waals surface area contributed by atoms with Crippen LogP contribution in [0.2, 0.25) is 0 Å². The maximum Gasteiger partial charge on any atom is 0.0324 e. The average Bonchev–Trinajstić information content (AvgIpc) is 2.69. The molecule has 0 bridgehead atoms. The van der Waals surface area contributed by atoms with Gasteiger partial charge in [0.1, 0.15) is 0 Å². The Morgan fingerprint density at radius 1 is 1.44 bits per heavy atom. The van der Waals surface area contributed by atoms with E-state index < -0.39 is 0 Å². The van der Waals surface area contributed by atoms with Crippen LogP contribution in [-0.2, 0) is 6.54 Å². The number of nitrogens with zero attached hydrogens (tertiary/aromatic N) is 1. The number of hydrogen-bond acceptors (Lipinski definition) is 3. The summed E-state index contributed by atoms with van der Waals surface area (Å²) in [7, 11) is 4.25. The fourth-order valence-corrected chi connectivity index (χ4v) is 2.69. The van der Waals surface area contributed by atoms with Gasteiger partial charge >= 0.3 is 0 Å². The predicted octanol–water partition coefficient (Wildman–Crippen LogP) is 2.67. The Bertz CT molecular complexity index is 269. The van der Waals surface area contributed by atoms with Gasteiger partial charge in [0.15, 0.2) is 0 Å². The lowest BCUT2D eigenvalue weighted by Gasteiger charge is -2.26. The van der Waals surface area contributed by atoms with Crippen molar-refractivity contribution in [3.8, 4) is 0 Å². The van der Waals surface area contributed by atoms with E-state index in [9.17, 15) is 0 Å². The highest BCUT2D eigenvalue weighted by Gasteiger charge is 2.15. The summed E-state index contributed by atoms with van der Waals surface area (Å²) in [5.74, 6) is 1.47. The van der Waals surface area contributed by atoms with Crippen molar-refractivity contribution in [2.45, 2.75) is 20.4 Å². The molecule has 3 heteroatoms. The van der Waals surface area contributed by atoms with Gasteiger partial charge in [0.25, 0.3) is 0 Å². The topological polar surface area (TPSA) is 15.3 Å². The van der Waals surface area contributed by atoms with Gasteiger partial charge in [0, 0.05) is 18.0 Å². The van der Waals surface area contributed by atoms with E-state index in [0.29, 0.717) is 0 Å². The van der Waals surface area contributed by atoms with E-state index >= 15 is 0 Å². The summed E-state index contributed by atoms with van der Waals surface area (Å²) in [6, 6.07) is 4.34. The minimum atomic E-state index is 0.731. The third kappa shape index (κ3) is 4.64. The van der Waals surface area contributed by atoms with E-state index in [0.717, 1.165) is 31.5 Å². The molecule has 0 saturated heterocycles. The summed E-state index contributed by atoms with van der Waals surface area (Å²) >= 11 is 1.84. The molecule has 1 rings (SSSR count). The lowest BCUT2D eigenvalue weighted by Crippen LogP contribution is -2.34. The predicted molar refractivity (Wildman–Crippen MR) is 72.9 cm³/mol. The molecule has 2 nitrogen and oxygen atoms in total. The Hall–Kier alpha value is -0.380. The van der Waals surface area contributed by atoms with Crippen LogP contribution in [0.25, 0.3) is 0 Å². The molecule has 0 aliphatic rings. The van der Waals surface area contributed by atoms with E-state index in [1.54, 1.807) is 0 Å². The second-order valence-corrected chi connectivity index (χ2v) is 5.87. The van der Waals surface area contributed by atoms with Crippen LogP contribution in [0.15, 0.2) is 17.5 Å². The highest BCUT2D eigenvalue weighted by Crippen LogP contribution is 2.15. The van der Waals surface area contributed by atoms with Crippen LogP contribution in [0.4, 0.5) is 0 Å². The quantitative estimate of drug-likeness (QED) is 0.788. The molecule has 0 amide bonds. The van der Waals surface area contributed by atoms with Crippen molar-refractivity contribution in [1.29, 1.82) is 0 Å². The van der Waals surface area contributed by atoms with Crippen molar-refractivity contribution in [2.75, 3.05) is 27.2 Å². The molecule has 1 unspecified atom stereocenters. The molecule has 1 aromatic rings. The molecular weight excluding hydrogens is 216 g/mol. The zero-order chi connectivity index (χ0) is 12.0. The molecular formula is C13H24N2S. The SMILES string of the molecule is CNCC(CN(C)Cc1cccs1)C(C)C. The van der Waals surface area contributed by atoms with Gasteiger partial charge in [-0.3, -0.25) is 0 Å². The first-order chi connectivity index (χ1) is 7.63. The molecule has 0 saturated carbocycles. The fourth-order valence-electron chi connectivity index (χ4n) is 1.91. The molecule has 1 aromatic heterocycles. The summed E-state index contributed by atoms with van der Waals surface area (Å²) in [6.45, 7) is 7.95. The Labute approximate surface area is 104 Å². The molecule has 0 spiro atoms. The van der Waals surface area contributed by atoms with Crippen molar-refractivity contribution in [2.24, 2.45) is 11.8 Å². The lowest BCUT2D eigenvalue weighted by atomic mass is 9.95. The standard InChI is InChI=1S/C13H24N2S/c1-11(2)12(8-14-3)9-15(4)10-13-6-5-7-16-13/h5-7,11-12,14H,8-10H2,1-4H3. The number of rotatable bonds is 7. The summed E-state index contributed by atoms with van der Waals surface area (Å²) < 4.78 is 0. The first kappa shape index (κ1) is 13.7. The average molecular weight is 240 g/mol. The van der Waals surface area contributed by atoms with Gasteiger partial charge < -0.3 is 10.2 Å². The zero-order valence-electron chi connectivity index (χ0n) is 10.9. The van der Waals surface area contributed by atoms with Crippen molar-refractivity contribution in [1.82, 2.24) is 10.2 Å². The molecule has 92 valence electrons. The van der Waals surface area contributed by atoms with Crippen molar-refractivity contribution in [3.05, 3.63) is 22.4 Å². The monoisotopic (exact) mass is 240 g/mol. The van der Waals surface area contributed by atoms with Gasteiger partial charge in [-0.25, -0.2) is 0 Å². The molecule has 0 aliphatic heterocycles. The Balaban J connectivity index is 2.39. The first-order valence-electron chi connectivity index (χ1n) is 5.99. The van der Waals surface area contributed by atoms with Crippen LogP contribution >= 0.6 is 11.3 Å². The van der Waals surface area contributed by atoms with E-state index in [4.69, 9.17) is 0 Å². The third-order valence-electron chi connectivity index (χ3n) is 2.96. The van der Waals surface area contributed by atoms with Gasteiger partial charge in [-0.1, -0.05) is 19.9 Å². The fraction of sp³-hybridized carbons (Fsp3) is 0.692. The van der Waals surface area contributed by atoms with Crippen LogP contribution in [0, 0.1) is 11.8 Å². The minimum Gasteiger partial charge on any atom is -0.319 e. The minimum absolute atomic E-state index is 0.731. The molecule has 16 heavy (non-hydrogen) atoms. The number of nitrogens with one attached hydrogen (secondary N) is 1. The molecule has 1 N–H and O–H groups in total. The smallest absolute Gasteiger partial charge is 0.0324 e. The second-order valence-electron chi connectivity index (χ2n) is 4.84. The molecule has 1 atom stereocenters. The molecule has 0 radical (unpaired) electrons. The first-order valence-corrected chi connectivity index (χ1v) is 6.87. The van der Waals surface area contributed by atoms with Crippen LogP contribution in [-0.4, -0.2) is 32.1 Å². The maximum absolute atomic E-state index is 3.29. The highest BCUT2D eigenvalue weighted by atomic mass is 32.1. The van der Waals surface area contributed by atoms with Crippen LogP contribution in [0.1, 0.15) is 18.7 Å². The molecule has 1 heterocycles. The molecule has 0 aromatic carbocycles. The number of hydrogen-bond donors (Lipinski definition) is 1. The summed E-state index contributed by atoms with van der Waals surface area (Å²) in [6.07, 6.45) is 0. The maximum atomic E-state index is 3.29. The lowest BCUT2D eigenvalue weighted by molar-refractivity contribution is 0.229. The number of thiophene rings is 1. The van der Waals surface area contributed by atoms with Crippen LogP contribution < -0.4 is 5.32 Å². The van der Waals surface area contributed by atoms with Crippen LogP contribution in [0.5, 0.6) is 0 Å². The second kappa shape index (κ2) is 7.05. The molecule has 0 fully saturated rings. The summed E-state index contributed by atoms with van der Waals surface area (Å²) in [5, 5.41) is 5.44. The third-order valence-corrected chi connectivity index (χ3v) is 3.82.